The van der Waals surface area contributed by atoms with Crippen LogP contribution < -0.4 is 14.8 Å². The summed E-state index contributed by atoms with van der Waals surface area (Å²) in [6, 6.07) is 12.0. The Labute approximate surface area is 160 Å². The van der Waals surface area contributed by atoms with Crippen molar-refractivity contribution in [1.82, 2.24) is 5.32 Å². The van der Waals surface area contributed by atoms with Gasteiger partial charge in [-0.1, -0.05) is 12.1 Å². The summed E-state index contributed by atoms with van der Waals surface area (Å²) < 4.78 is 33.2. The van der Waals surface area contributed by atoms with Crippen LogP contribution in [0.5, 0.6) is 5.75 Å². The third-order valence-electron chi connectivity index (χ3n) is 4.27. The molecule has 0 aliphatic heterocycles. The molecule has 3 rings (SSSR count). The molecule has 1 saturated carbocycles. The summed E-state index contributed by atoms with van der Waals surface area (Å²) >= 11 is 0. The van der Waals surface area contributed by atoms with Crippen LogP contribution in [0.15, 0.2) is 47.4 Å². The number of rotatable bonds is 8. The van der Waals surface area contributed by atoms with E-state index >= 15 is 0 Å². The first kappa shape index (κ1) is 19.2. The molecular formula is C20H24N2O4S. The van der Waals surface area contributed by atoms with E-state index in [0.29, 0.717) is 30.5 Å². The highest BCUT2D eigenvalue weighted by Crippen LogP contribution is 2.24. The fourth-order valence-corrected chi connectivity index (χ4v) is 3.85. The zero-order valence-corrected chi connectivity index (χ0v) is 16.3. The molecule has 0 heterocycles. The maximum atomic E-state index is 12.6. The maximum Gasteiger partial charge on any atom is 0.261 e. The van der Waals surface area contributed by atoms with Crippen LogP contribution in [0.3, 0.4) is 0 Å². The highest BCUT2D eigenvalue weighted by atomic mass is 32.2. The zero-order valence-electron chi connectivity index (χ0n) is 15.5. The Kier molecular flexibility index (Phi) is 5.70. The van der Waals surface area contributed by atoms with E-state index in [2.05, 4.69) is 10.0 Å². The minimum absolute atomic E-state index is 0.00399. The number of ether oxygens (including phenoxy) is 1. The summed E-state index contributed by atoms with van der Waals surface area (Å²) in [5, 5.41) is 2.93. The van der Waals surface area contributed by atoms with Crippen molar-refractivity contribution in [3.05, 3.63) is 53.6 Å². The minimum atomic E-state index is -3.70. The van der Waals surface area contributed by atoms with Crippen molar-refractivity contribution in [1.29, 1.82) is 0 Å². The molecule has 0 aromatic heterocycles. The van der Waals surface area contributed by atoms with Gasteiger partial charge < -0.3 is 10.1 Å². The van der Waals surface area contributed by atoms with Crippen molar-refractivity contribution < 1.29 is 17.9 Å². The summed E-state index contributed by atoms with van der Waals surface area (Å²) in [5.41, 5.74) is 2.05. The third kappa shape index (κ3) is 5.23. The molecule has 0 radical (unpaired) electrons. The number of amides is 1. The highest BCUT2D eigenvalue weighted by Gasteiger charge is 2.23. The first-order valence-corrected chi connectivity index (χ1v) is 10.5. The average Bonchev–Trinajstić information content (AvgIpc) is 3.42. The molecule has 1 fully saturated rings. The minimum Gasteiger partial charge on any atom is -0.494 e. The number of carbonyl (C=O) groups is 1. The second-order valence-electron chi connectivity index (χ2n) is 6.68. The van der Waals surface area contributed by atoms with Gasteiger partial charge in [0, 0.05) is 11.7 Å². The summed E-state index contributed by atoms with van der Waals surface area (Å²) in [6.07, 6.45) is 2.40. The highest BCUT2D eigenvalue weighted by molar-refractivity contribution is 7.92. The van der Waals surface area contributed by atoms with E-state index in [-0.39, 0.29) is 10.8 Å². The molecule has 6 nitrogen and oxygen atoms in total. The summed E-state index contributed by atoms with van der Waals surface area (Å²) in [5.74, 6) is 0.668. The van der Waals surface area contributed by atoms with Crippen LogP contribution in [0.25, 0.3) is 0 Å². The lowest BCUT2D eigenvalue weighted by Crippen LogP contribution is -2.26. The molecule has 27 heavy (non-hydrogen) atoms. The molecule has 0 atom stereocenters. The molecular weight excluding hydrogens is 364 g/mol. The van der Waals surface area contributed by atoms with E-state index in [0.717, 1.165) is 24.0 Å². The van der Waals surface area contributed by atoms with Crippen LogP contribution in [-0.4, -0.2) is 27.0 Å². The Bertz CT molecular complexity index is 919. The Hall–Kier alpha value is -2.54. The van der Waals surface area contributed by atoms with E-state index in [4.69, 9.17) is 4.74 Å². The molecule has 0 unspecified atom stereocenters. The molecule has 7 heteroatoms. The van der Waals surface area contributed by atoms with Crippen LogP contribution in [0.2, 0.25) is 0 Å². The topological polar surface area (TPSA) is 84.5 Å². The van der Waals surface area contributed by atoms with Gasteiger partial charge in [-0.3, -0.25) is 9.52 Å². The van der Waals surface area contributed by atoms with Gasteiger partial charge in [-0.05, 0) is 68.1 Å². The molecule has 0 spiro atoms. The molecule has 2 aromatic rings. The molecule has 0 saturated heterocycles. The van der Waals surface area contributed by atoms with Crippen molar-refractivity contribution in [2.24, 2.45) is 0 Å². The lowest BCUT2D eigenvalue weighted by molar-refractivity contribution is -0.120. The predicted octanol–water partition coefficient (Wildman–Crippen LogP) is 3.02. The summed E-state index contributed by atoms with van der Waals surface area (Å²) in [7, 11) is -3.70. The number of hydrogen-bond acceptors (Lipinski definition) is 4. The largest absolute Gasteiger partial charge is 0.494 e. The molecule has 1 aliphatic carbocycles. The van der Waals surface area contributed by atoms with Crippen LogP contribution in [0.4, 0.5) is 5.69 Å². The molecule has 0 bridgehead atoms. The van der Waals surface area contributed by atoms with Crippen LogP contribution in [0, 0.1) is 6.92 Å². The SMILES string of the molecule is CCOc1ccc(S(=O)(=O)Nc2ccc(CC(=O)NC3CC3)cc2)cc1C. The first-order valence-electron chi connectivity index (χ1n) is 9.02. The van der Waals surface area contributed by atoms with Crippen molar-refractivity contribution in [2.75, 3.05) is 11.3 Å². The van der Waals surface area contributed by atoms with Crippen LogP contribution in [0.1, 0.15) is 30.9 Å². The quantitative estimate of drug-likeness (QED) is 0.728. The molecule has 2 aromatic carbocycles. The summed E-state index contributed by atoms with van der Waals surface area (Å²) in [4.78, 5) is 12.0. The predicted molar refractivity (Wildman–Crippen MR) is 104 cm³/mol. The maximum absolute atomic E-state index is 12.6. The van der Waals surface area contributed by atoms with E-state index in [1.807, 2.05) is 13.8 Å². The Morgan fingerprint density at radius 3 is 2.44 bits per heavy atom. The number of sulfonamides is 1. The van der Waals surface area contributed by atoms with Gasteiger partial charge in [0.05, 0.1) is 17.9 Å². The number of anilines is 1. The van der Waals surface area contributed by atoms with Gasteiger partial charge in [0.15, 0.2) is 0 Å². The van der Waals surface area contributed by atoms with Gasteiger partial charge >= 0.3 is 0 Å². The molecule has 144 valence electrons. The van der Waals surface area contributed by atoms with Gasteiger partial charge in [-0.25, -0.2) is 8.42 Å². The van der Waals surface area contributed by atoms with Crippen LogP contribution >= 0.6 is 0 Å². The van der Waals surface area contributed by atoms with Crippen molar-refractivity contribution in [3.8, 4) is 5.75 Å². The van der Waals surface area contributed by atoms with Crippen molar-refractivity contribution in [3.63, 3.8) is 0 Å². The number of aryl methyl sites for hydroxylation is 1. The number of nitrogens with one attached hydrogen (secondary N) is 2. The monoisotopic (exact) mass is 388 g/mol. The standard InChI is InChI=1S/C20H24N2O4S/c1-3-26-19-11-10-18(12-14(19)2)27(24,25)22-17-6-4-15(5-7-17)13-20(23)21-16-8-9-16/h4-7,10-12,16,22H,3,8-9,13H2,1-2H3,(H,21,23). The van der Waals surface area contributed by atoms with E-state index in [1.54, 1.807) is 36.4 Å². The van der Waals surface area contributed by atoms with Crippen molar-refractivity contribution >= 4 is 21.6 Å². The van der Waals surface area contributed by atoms with Gasteiger partial charge in [0.25, 0.3) is 10.0 Å². The van der Waals surface area contributed by atoms with E-state index in [9.17, 15) is 13.2 Å². The average molecular weight is 388 g/mol. The van der Waals surface area contributed by atoms with Gasteiger partial charge in [0.2, 0.25) is 5.91 Å². The molecule has 1 amide bonds. The number of benzene rings is 2. The van der Waals surface area contributed by atoms with Crippen LogP contribution in [-0.2, 0) is 21.2 Å². The number of hydrogen-bond donors (Lipinski definition) is 2. The fraction of sp³-hybridized carbons (Fsp3) is 0.350. The second-order valence-corrected chi connectivity index (χ2v) is 8.36. The Balaban J connectivity index is 1.66. The second kappa shape index (κ2) is 8.00. The molecule has 1 aliphatic rings. The number of carbonyl (C=O) groups excluding carboxylic acids is 1. The Morgan fingerprint density at radius 2 is 1.85 bits per heavy atom. The van der Waals surface area contributed by atoms with E-state index in [1.165, 1.54) is 6.07 Å². The third-order valence-corrected chi connectivity index (χ3v) is 5.65. The normalized spacial score (nSPS) is 13.9. The van der Waals surface area contributed by atoms with Gasteiger partial charge in [-0.15, -0.1) is 0 Å². The summed E-state index contributed by atoms with van der Waals surface area (Å²) in [6.45, 7) is 4.21. The zero-order chi connectivity index (χ0) is 19.4. The van der Waals surface area contributed by atoms with Crippen molar-refractivity contribution in [2.45, 2.75) is 44.0 Å². The first-order chi connectivity index (χ1) is 12.9. The lowest BCUT2D eigenvalue weighted by atomic mass is 10.1. The fourth-order valence-electron chi connectivity index (χ4n) is 2.70. The van der Waals surface area contributed by atoms with Gasteiger partial charge in [0.1, 0.15) is 5.75 Å². The lowest BCUT2D eigenvalue weighted by Gasteiger charge is -2.12. The van der Waals surface area contributed by atoms with E-state index < -0.39 is 10.0 Å². The Morgan fingerprint density at radius 1 is 1.15 bits per heavy atom. The molecule has 2 N–H and O–H groups in total. The smallest absolute Gasteiger partial charge is 0.261 e. The van der Waals surface area contributed by atoms with Gasteiger partial charge in [-0.2, -0.15) is 0 Å².